The Labute approximate surface area is 227 Å². The van der Waals surface area contributed by atoms with Crippen LogP contribution in [0.15, 0.2) is 48.5 Å². The zero-order valence-corrected chi connectivity index (χ0v) is 24.4. The first-order valence-electron chi connectivity index (χ1n) is 14.5. The van der Waals surface area contributed by atoms with Crippen LogP contribution in [0.3, 0.4) is 0 Å². The van der Waals surface area contributed by atoms with E-state index in [1.54, 1.807) is 0 Å². The molecule has 0 saturated heterocycles. The van der Waals surface area contributed by atoms with E-state index in [-0.39, 0.29) is 6.04 Å². The molecule has 0 spiro atoms. The number of nitrogens with two attached hydrogens (primary N) is 1. The van der Waals surface area contributed by atoms with E-state index in [0.29, 0.717) is 10.9 Å². The summed E-state index contributed by atoms with van der Waals surface area (Å²) in [7, 11) is 0. The van der Waals surface area contributed by atoms with Crippen molar-refractivity contribution in [2.75, 3.05) is 6.61 Å². The molecule has 4 atom stereocenters. The van der Waals surface area contributed by atoms with Gasteiger partial charge in [0.2, 0.25) is 0 Å². The summed E-state index contributed by atoms with van der Waals surface area (Å²) in [5.74, 6) is 4.11. The molecular weight excluding hydrogens is 462 g/mol. The van der Waals surface area contributed by atoms with Gasteiger partial charge in [0, 0.05) is 5.02 Å². The second kappa shape index (κ2) is 17.1. The lowest BCUT2D eigenvalue weighted by atomic mass is 9.91. The highest BCUT2D eigenvalue weighted by atomic mass is 35.5. The molecule has 0 bridgehead atoms. The maximum Gasteiger partial charge on any atom is 0.119 e. The van der Waals surface area contributed by atoms with Crippen LogP contribution in [0.1, 0.15) is 116 Å². The van der Waals surface area contributed by atoms with Crippen molar-refractivity contribution >= 4 is 11.6 Å². The minimum absolute atomic E-state index is 0.253. The molecule has 0 aliphatic rings. The summed E-state index contributed by atoms with van der Waals surface area (Å²) in [6.45, 7) is 12.6. The minimum atomic E-state index is -0.253. The summed E-state index contributed by atoms with van der Waals surface area (Å²) >= 11 is 6.45. The van der Waals surface area contributed by atoms with Crippen LogP contribution < -0.4 is 10.5 Å². The van der Waals surface area contributed by atoms with Crippen LogP contribution in [0.2, 0.25) is 5.02 Å². The van der Waals surface area contributed by atoms with Crippen LogP contribution >= 0.6 is 11.6 Å². The van der Waals surface area contributed by atoms with Crippen molar-refractivity contribution < 1.29 is 4.74 Å². The van der Waals surface area contributed by atoms with E-state index in [9.17, 15) is 0 Å². The molecule has 2 nitrogen and oxygen atoms in total. The minimum Gasteiger partial charge on any atom is -0.494 e. The van der Waals surface area contributed by atoms with Crippen LogP contribution in [0.4, 0.5) is 0 Å². The molecule has 2 N–H and O–H groups in total. The molecule has 3 heteroatoms. The fourth-order valence-corrected chi connectivity index (χ4v) is 5.24. The summed E-state index contributed by atoms with van der Waals surface area (Å²) in [5.41, 5.74) is 8.44. The number of ether oxygens (including phenoxy) is 1. The van der Waals surface area contributed by atoms with Crippen molar-refractivity contribution in [3.63, 3.8) is 0 Å². The second-order valence-electron chi connectivity index (χ2n) is 11.7. The summed E-state index contributed by atoms with van der Waals surface area (Å²) < 4.78 is 6.09. The zero-order valence-electron chi connectivity index (χ0n) is 23.6. The fraction of sp³-hybridized carbons (Fsp3) is 0.636. The first-order valence-corrected chi connectivity index (χ1v) is 14.9. The molecule has 0 heterocycles. The monoisotopic (exact) mass is 513 g/mol. The van der Waals surface area contributed by atoms with E-state index < -0.39 is 0 Å². The van der Waals surface area contributed by atoms with Gasteiger partial charge >= 0.3 is 0 Å². The van der Waals surface area contributed by atoms with Crippen molar-refractivity contribution in [3.8, 4) is 5.75 Å². The Balaban J connectivity index is 1.61. The Kier molecular flexibility index (Phi) is 14.6. The lowest BCUT2D eigenvalue weighted by Gasteiger charge is -2.17. The Morgan fingerprint density at radius 3 is 1.78 bits per heavy atom. The number of hydrogen-bond donors (Lipinski definition) is 1. The zero-order chi connectivity index (χ0) is 26.3. The molecule has 202 valence electrons. The van der Waals surface area contributed by atoms with E-state index in [4.69, 9.17) is 22.1 Å². The molecule has 0 saturated carbocycles. The van der Waals surface area contributed by atoms with Gasteiger partial charge in [-0.25, -0.2) is 0 Å². The van der Waals surface area contributed by atoms with Crippen molar-refractivity contribution in [2.24, 2.45) is 29.4 Å². The number of rotatable bonds is 18. The number of benzene rings is 2. The molecular formula is C33H52ClNO. The second-order valence-corrected chi connectivity index (χ2v) is 12.1. The quantitative estimate of drug-likeness (QED) is 0.215. The van der Waals surface area contributed by atoms with Gasteiger partial charge in [-0.3, -0.25) is 0 Å². The van der Waals surface area contributed by atoms with Crippen molar-refractivity contribution in [1.82, 2.24) is 0 Å². The van der Waals surface area contributed by atoms with Crippen molar-refractivity contribution in [3.05, 3.63) is 64.7 Å². The molecule has 0 fully saturated rings. The first-order chi connectivity index (χ1) is 17.3. The van der Waals surface area contributed by atoms with E-state index >= 15 is 0 Å². The predicted octanol–water partition coefficient (Wildman–Crippen LogP) is 10.2. The van der Waals surface area contributed by atoms with E-state index in [1.807, 2.05) is 48.5 Å². The van der Waals surface area contributed by atoms with E-state index in [0.717, 1.165) is 47.7 Å². The van der Waals surface area contributed by atoms with Crippen molar-refractivity contribution in [2.45, 2.75) is 105 Å². The standard InChI is InChI=1S/C33H52ClNO/c1-25(2)12-9-13-26(3)14-10-15-27(4)16-11-17-28(5)22-23-36-30-20-21-32(34)31(24-30)33(35)29-18-7-6-8-19-29/h6-8,18-21,24-28,33H,9-17,22-23,35H2,1-5H3/t26-,27-,28?,33?/m1/s1. The topological polar surface area (TPSA) is 35.2 Å². The smallest absolute Gasteiger partial charge is 0.119 e. The van der Waals surface area contributed by atoms with Gasteiger partial charge in [-0.05, 0) is 59.4 Å². The third kappa shape index (κ3) is 12.2. The molecule has 0 radical (unpaired) electrons. The lowest BCUT2D eigenvalue weighted by molar-refractivity contribution is 0.274. The third-order valence-electron chi connectivity index (χ3n) is 7.61. The fourth-order valence-electron chi connectivity index (χ4n) is 5.00. The molecule has 2 rings (SSSR count). The summed E-state index contributed by atoms with van der Waals surface area (Å²) in [6.07, 6.45) is 13.4. The van der Waals surface area contributed by atoms with Gasteiger partial charge in [0.25, 0.3) is 0 Å². The largest absolute Gasteiger partial charge is 0.494 e. The van der Waals surface area contributed by atoms with Crippen molar-refractivity contribution in [1.29, 1.82) is 0 Å². The molecule has 0 aromatic heterocycles. The molecule has 2 aromatic rings. The Morgan fingerprint density at radius 1 is 0.694 bits per heavy atom. The molecule has 0 aliphatic heterocycles. The van der Waals surface area contributed by atoms with E-state index in [1.165, 1.54) is 57.8 Å². The molecule has 36 heavy (non-hydrogen) atoms. The molecule has 0 aliphatic carbocycles. The van der Waals surface area contributed by atoms with Gasteiger partial charge in [-0.15, -0.1) is 0 Å². The average Bonchev–Trinajstić information content (AvgIpc) is 2.85. The van der Waals surface area contributed by atoms with Crippen LogP contribution in [-0.4, -0.2) is 6.61 Å². The third-order valence-corrected chi connectivity index (χ3v) is 7.95. The van der Waals surface area contributed by atoms with E-state index in [2.05, 4.69) is 34.6 Å². The summed E-state index contributed by atoms with van der Waals surface area (Å²) in [5, 5.41) is 0.682. The predicted molar refractivity (Wildman–Crippen MR) is 158 cm³/mol. The number of hydrogen-bond acceptors (Lipinski definition) is 2. The highest BCUT2D eigenvalue weighted by molar-refractivity contribution is 6.31. The van der Waals surface area contributed by atoms with Crippen LogP contribution in [0.25, 0.3) is 0 Å². The molecule has 2 unspecified atom stereocenters. The molecule has 2 aromatic carbocycles. The van der Waals surface area contributed by atoms with Crippen LogP contribution in [0, 0.1) is 23.7 Å². The Hall–Kier alpha value is -1.51. The molecule has 0 amide bonds. The maximum absolute atomic E-state index is 6.48. The van der Waals surface area contributed by atoms with Crippen LogP contribution in [-0.2, 0) is 0 Å². The van der Waals surface area contributed by atoms with Gasteiger partial charge in [0.1, 0.15) is 5.75 Å². The van der Waals surface area contributed by atoms with Gasteiger partial charge in [0.05, 0.1) is 12.6 Å². The Morgan fingerprint density at radius 2 is 1.22 bits per heavy atom. The summed E-state index contributed by atoms with van der Waals surface area (Å²) in [4.78, 5) is 0. The lowest BCUT2D eigenvalue weighted by Crippen LogP contribution is -2.12. The average molecular weight is 514 g/mol. The van der Waals surface area contributed by atoms with Gasteiger partial charge in [-0.1, -0.05) is 134 Å². The highest BCUT2D eigenvalue weighted by Gasteiger charge is 2.14. The summed E-state index contributed by atoms with van der Waals surface area (Å²) in [6, 6.07) is 15.7. The van der Waals surface area contributed by atoms with Gasteiger partial charge < -0.3 is 10.5 Å². The number of halogens is 1. The first kappa shape index (κ1) is 30.7. The van der Waals surface area contributed by atoms with Gasteiger partial charge in [-0.2, -0.15) is 0 Å². The van der Waals surface area contributed by atoms with Gasteiger partial charge in [0.15, 0.2) is 0 Å². The maximum atomic E-state index is 6.48. The van der Waals surface area contributed by atoms with Crippen LogP contribution in [0.5, 0.6) is 5.75 Å². The normalized spacial score (nSPS) is 15.0. The SMILES string of the molecule is CC(C)CCC[C@@H](C)CCC[C@@H](C)CCCC(C)CCOc1ccc(Cl)c(C(N)c2ccccc2)c1. The Bertz CT molecular complexity index is 837. The highest BCUT2D eigenvalue weighted by Crippen LogP contribution is 2.30.